The van der Waals surface area contributed by atoms with Crippen LogP contribution < -0.4 is 10.2 Å². The van der Waals surface area contributed by atoms with E-state index in [1.165, 1.54) is 58.0 Å². The quantitative estimate of drug-likeness (QED) is 0.924. The van der Waals surface area contributed by atoms with E-state index in [-0.39, 0.29) is 0 Å². The third kappa shape index (κ3) is 2.72. The van der Waals surface area contributed by atoms with Gasteiger partial charge in [-0.1, -0.05) is 19.3 Å². The molecule has 4 heteroatoms. The molecule has 2 unspecified atom stereocenters. The smallest absolute Gasteiger partial charge is 0.136 e. The van der Waals surface area contributed by atoms with Crippen LogP contribution in [-0.4, -0.2) is 30.1 Å². The number of hydrogen-bond donors (Lipinski definition) is 1. The van der Waals surface area contributed by atoms with Crippen molar-refractivity contribution in [2.75, 3.05) is 30.4 Å². The minimum absolute atomic E-state index is 0.615. The van der Waals surface area contributed by atoms with Gasteiger partial charge in [0.1, 0.15) is 17.5 Å². The fourth-order valence-corrected chi connectivity index (χ4v) is 4.08. The average Bonchev–Trinajstić information content (AvgIpc) is 3.39. The summed E-state index contributed by atoms with van der Waals surface area (Å²) < 4.78 is 0. The fraction of sp³-hybridized carbons (Fsp3) is 0.765. The minimum atomic E-state index is 0.615. The molecule has 0 aromatic carbocycles. The van der Waals surface area contributed by atoms with Crippen LogP contribution in [0.5, 0.6) is 0 Å². The van der Waals surface area contributed by atoms with Crippen molar-refractivity contribution in [2.45, 2.75) is 50.9 Å². The molecule has 1 saturated heterocycles. The van der Waals surface area contributed by atoms with Gasteiger partial charge in [-0.15, -0.1) is 0 Å². The highest BCUT2D eigenvalue weighted by Crippen LogP contribution is 2.40. The number of nitrogens with one attached hydrogen (secondary N) is 1. The van der Waals surface area contributed by atoms with Gasteiger partial charge in [0.25, 0.3) is 0 Å². The zero-order chi connectivity index (χ0) is 14.2. The van der Waals surface area contributed by atoms with Gasteiger partial charge >= 0.3 is 0 Å². The van der Waals surface area contributed by atoms with Gasteiger partial charge in [0.15, 0.2) is 0 Å². The van der Waals surface area contributed by atoms with Gasteiger partial charge in [0.2, 0.25) is 0 Å². The second-order valence-electron chi connectivity index (χ2n) is 7.03. The second kappa shape index (κ2) is 5.47. The highest BCUT2D eigenvalue weighted by atomic mass is 15.2. The summed E-state index contributed by atoms with van der Waals surface area (Å²) in [5.74, 6) is 5.67. The Kier molecular flexibility index (Phi) is 3.48. The third-order valence-corrected chi connectivity index (χ3v) is 5.54. The number of piperidine rings is 1. The van der Waals surface area contributed by atoms with Gasteiger partial charge in [0, 0.05) is 32.1 Å². The Morgan fingerprint density at radius 1 is 1.05 bits per heavy atom. The van der Waals surface area contributed by atoms with Crippen LogP contribution in [0.4, 0.5) is 11.6 Å². The summed E-state index contributed by atoms with van der Waals surface area (Å²) in [4.78, 5) is 12.0. The summed E-state index contributed by atoms with van der Waals surface area (Å²) >= 11 is 0. The Hall–Kier alpha value is -1.32. The van der Waals surface area contributed by atoms with E-state index in [0.29, 0.717) is 5.92 Å². The molecule has 0 amide bonds. The van der Waals surface area contributed by atoms with Crippen molar-refractivity contribution in [1.29, 1.82) is 0 Å². The summed E-state index contributed by atoms with van der Waals surface area (Å²) in [6.45, 7) is 2.38. The molecule has 3 fully saturated rings. The second-order valence-corrected chi connectivity index (χ2v) is 7.03. The van der Waals surface area contributed by atoms with Crippen molar-refractivity contribution in [3.05, 3.63) is 11.9 Å². The number of aromatic nitrogens is 2. The van der Waals surface area contributed by atoms with Crippen LogP contribution in [0.2, 0.25) is 0 Å². The van der Waals surface area contributed by atoms with E-state index in [2.05, 4.69) is 21.3 Å². The maximum Gasteiger partial charge on any atom is 0.136 e. The zero-order valence-electron chi connectivity index (χ0n) is 13.0. The molecule has 21 heavy (non-hydrogen) atoms. The van der Waals surface area contributed by atoms with Gasteiger partial charge in [-0.3, -0.25) is 0 Å². The molecule has 2 heterocycles. The molecule has 0 spiro atoms. The van der Waals surface area contributed by atoms with Gasteiger partial charge in [-0.05, 0) is 37.5 Å². The highest BCUT2D eigenvalue weighted by Gasteiger charge is 2.33. The SMILES string of the molecule is CNc1cc(N2CCC3CCCCC3C2)nc(C2CC2)n1. The lowest BCUT2D eigenvalue weighted by molar-refractivity contribution is 0.202. The Bertz CT molecular complexity index is 512. The third-order valence-electron chi connectivity index (χ3n) is 5.54. The molecule has 1 aromatic heterocycles. The minimum Gasteiger partial charge on any atom is -0.373 e. The average molecular weight is 286 g/mol. The molecule has 2 aliphatic carbocycles. The Morgan fingerprint density at radius 2 is 1.86 bits per heavy atom. The Labute approximate surface area is 127 Å². The molecule has 1 aliphatic heterocycles. The number of fused-ring (bicyclic) bond motifs is 1. The van der Waals surface area contributed by atoms with Crippen molar-refractivity contribution in [3.63, 3.8) is 0 Å². The van der Waals surface area contributed by atoms with Crippen molar-refractivity contribution in [2.24, 2.45) is 11.8 Å². The lowest BCUT2D eigenvalue weighted by atomic mass is 9.75. The molecule has 2 atom stereocenters. The largest absolute Gasteiger partial charge is 0.373 e. The first-order chi connectivity index (χ1) is 10.3. The van der Waals surface area contributed by atoms with Crippen LogP contribution in [0.15, 0.2) is 6.07 Å². The molecular formula is C17H26N4. The number of anilines is 2. The normalized spacial score (nSPS) is 29.1. The molecule has 2 saturated carbocycles. The summed E-state index contributed by atoms with van der Waals surface area (Å²) in [6.07, 6.45) is 9.62. The maximum absolute atomic E-state index is 4.88. The zero-order valence-corrected chi connectivity index (χ0v) is 13.0. The van der Waals surface area contributed by atoms with Crippen molar-refractivity contribution < 1.29 is 0 Å². The van der Waals surface area contributed by atoms with Gasteiger partial charge in [-0.2, -0.15) is 0 Å². The molecule has 0 bridgehead atoms. The summed E-state index contributed by atoms with van der Waals surface area (Å²) in [5, 5.41) is 3.21. The molecule has 1 aromatic rings. The van der Waals surface area contributed by atoms with E-state index >= 15 is 0 Å². The van der Waals surface area contributed by atoms with Crippen molar-refractivity contribution in [3.8, 4) is 0 Å². The topological polar surface area (TPSA) is 41.0 Å². The lowest BCUT2D eigenvalue weighted by Gasteiger charge is -2.41. The molecule has 114 valence electrons. The fourth-order valence-electron chi connectivity index (χ4n) is 4.08. The van der Waals surface area contributed by atoms with Crippen molar-refractivity contribution >= 4 is 11.6 Å². The van der Waals surface area contributed by atoms with Crippen LogP contribution in [-0.2, 0) is 0 Å². The summed E-state index contributed by atoms with van der Waals surface area (Å²) in [7, 11) is 1.95. The summed E-state index contributed by atoms with van der Waals surface area (Å²) in [6, 6.07) is 2.13. The Balaban J connectivity index is 1.56. The van der Waals surface area contributed by atoms with E-state index in [0.717, 1.165) is 29.3 Å². The molecule has 4 rings (SSSR count). The van der Waals surface area contributed by atoms with E-state index < -0.39 is 0 Å². The monoisotopic (exact) mass is 286 g/mol. The van der Waals surface area contributed by atoms with Crippen LogP contribution in [0.3, 0.4) is 0 Å². The van der Waals surface area contributed by atoms with Gasteiger partial charge in [0.05, 0.1) is 0 Å². The predicted molar refractivity (Wildman–Crippen MR) is 85.8 cm³/mol. The van der Waals surface area contributed by atoms with E-state index in [1.807, 2.05) is 7.05 Å². The lowest BCUT2D eigenvalue weighted by Crippen LogP contribution is -2.42. The first-order valence-corrected chi connectivity index (χ1v) is 8.65. The number of rotatable bonds is 3. The predicted octanol–water partition coefficient (Wildman–Crippen LogP) is 3.41. The number of hydrogen-bond acceptors (Lipinski definition) is 4. The molecule has 0 radical (unpaired) electrons. The molecule has 4 nitrogen and oxygen atoms in total. The molecule has 3 aliphatic rings. The van der Waals surface area contributed by atoms with E-state index in [4.69, 9.17) is 4.98 Å². The molecule has 1 N–H and O–H groups in total. The van der Waals surface area contributed by atoms with Crippen LogP contribution in [0, 0.1) is 11.8 Å². The first-order valence-electron chi connectivity index (χ1n) is 8.65. The van der Waals surface area contributed by atoms with Crippen LogP contribution >= 0.6 is 0 Å². The van der Waals surface area contributed by atoms with Crippen LogP contribution in [0.1, 0.15) is 56.7 Å². The van der Waals surface area contributed by atoms with Gasteiger partial charge in [-0.25, -0.2) is 9.97 Å². The Morgan fingerprint density at radius 3 is 2.62 bits per heavy atom. The van der Waals surface area contributed by atoms with E-state index in [1.54, 1.807) is 0 Å². The molecular weight excluding hydrogens is 260 g/mol. The van der Waals surface area contributed by atoms with Crippen LogP contribution in [0.25, 0.3) is 0 Å². The van der Waals surface area contributed by atoms with E-state index in [9.17, 15) is 0 Å². The first kappa shape index (κ1) is 13.4. The van der Waals surface area contributed by atoms with Crippen molar-refractivity contribution in [1.82, 2.24) is 9.97 Å². The standard InChI is InChI=1S/C17H26N4/c1-18-15-10-16(20-17(19-15)13-6-7-13)21-9-8-12-4-2-3-5-14(12)11-21/h10,12-14H,2-9,11H2,1H3,(H,18,19,20). The highest BCUT2D eigenvalue weighted by molar-refractivity contribution is 5.50. The van der Waals surface area contributed by atoms with Gasteiger partial charge < -0.3 is 10.2 Å². The maximum atomic E-state index is 4.88. The number of nitrogens with zero attached hydrogens (tertiary/aromatic N) is 3. The summed E-state index contributed by atoms with van der Waals surface area (Å²) in [5.41, 5.74) is 0.